The van der Waals surface area contributed by atoms with E-state index < -0.39 is 0 Å². The Labute approximate surface area is 292 Å². The highest BCUT2D eigenvalue weighted by atomic mass is 15.2. The third-order valence-electron chi connectivity index (χ3n) is 10.6. The van der Waals surface area contributed by atoms with Gasteiger partial charge >= 0.3 is 0 Å². The third kappa shape index (κ3) is 4.49. The van der Waals surface area contributed by atoms with Crippen LogP contribution in [0.3, 0.4) is 0 Å². The summed E-state index contributed by atoms with van der Waals surface area (Å²) >= 11 is 0. The number of nitrogens with zero attached hydrogens (tertiary/aromatic N) is 2. The molecule has 1 aliphatic carbocycles. The first-order chi connectivity index (χ1) is 24.8. The zero-order valence-electron chi connectivity index (χ0n) is 27.6. The van der Waals surface area contributed by atoms with Crippen molar-refractivity contribution in [1.29, 1.82) is 0 Å². The number of anilines is 2. The van der Waals surface area contributed by atoms with Gasteiger partial charge in [0.05, 0.1) is 22.4 Å². The smallest absolute Gasteiger partial charge is 0.0541 e. The summed E-state index contributed by atoms with van der Waals surface area (Å²) in [7, 11) is 0. The lowest BCUT2D eigenvalue weighted by Gasteiger charge is -2.28. The average Bonchev–Trinajstić information content (AvgIpc) is 3.70. The summed E-state index contributed by atoms with van der Waals surface area (Å²) in [5.41, 5.74) is 16.5. The van der Waals surface area contributed by atoms with Gasteiger partial charge in [-0.2, -0.15) is 0 Å². The van der Waals surface area contributed by atoms with Crippen LogP contribution in [0.2, 0.25) is 0 Å². The third-order valence-corrected chi connectivity index (χ3v) is 10.6. The van der Waals surface area contributed by atoms with Crippen LogP contribution in [0.5, 0.6) is 0 Å². The van der Waals surface area contributed by atoms with Gasteiger partial charge in [-0.15, -0.1) is 0 Å². The maximum absolute atomic E-state index is 2.50. The topological polar surface area (TPSA) is 8.17 Å². The largest absolute Gasteiger partial charge is 0.313 e. The molecule has 1 aliphatic heterocycles. The van der Waals surface area contributed by atoms with Crippen molar-refractivity contribution in [3.8, 4) is 27.9 Å². The number of hydrogen-bond acceptors (Lipinski definition) is 1. The fourth-order valence-corrected chi connectivity index (χ4v) is 8.30. The van der Waals surface area contributed by atoms with E-state index in [4.69, 9.17) is 0 Å². The van der Waals surface area contributed by atoms with Gasteiger partial charge in [0.2, 0.25) is 0 Å². The molecule has 0 radical (unpaired) electrons. The Morgan fingerprint density at radius 3 is 1.76 bits per heavy atom. The molecule has 8 aromatic rings. The van der Waals surface area contributed by atoms with Crippen molar-refractivity contribution >= 4 is 38.8 Å². The lowest BCUT2D eigenvalue weighted by Crippen LogP contribution is -2.16. The second-order valence-electron chi connectivity index (χ2n) is 13.3. The highest BCUT2D eigenvalue weighted by Gasteiger charge is 2.37. The van der Waals surface area contributed by atoms with Crippen LogP contribution in [0.4, 0.5) is 11.4 Å². The maximum atomic E-state index is 2.50. The van der Waals surface area contributed by atoms with Crippen LogP contribution in [0.25, 0.3) is 55.3 Å². The van der Waals surface area contributed by atoms with Gasteiger partial charge in [-0.05, 0) is 76.7 Å². The minimum absolute atomic E-state index is 0.282. The fraction of sp³-hybridized carbons (Fsp3) is 0.0417. The number of rotatable bonds is 5. The zero-order valence-corrected chi connectivity index (χ0v) is 27.6. The molecule has 2 nitrogen and oxygen atoms in total. The van der Waals surface area contributed by atoms with Crippen LogP contribution in [-0.4, -0.2) is 4.57 Å². The first-order valence-electron chi connectivity index (χ1n) is 17.5. The van der Waals surface area contributed by atoms with Crippen LogP contribution in [0, 0.1) is 0 Å². The number of fused-ring (bicyclic) bond motifs is 6. The minimum atomic E-state index is 0.282. The van der Waals surface area contributed by atoms with E-state index in [-0.39, 0.29) is 5.92 Å². The second kappa shape index (κ2) is 11.6. The van der Waals surface area contributed by atoms with Crippen molar-refractivity contribution in [2.45, 2.75) is 12.3 Å². The first kappa shape index (κ1) is 28.6. The molecule has 7 aromatic carbocycles. The average molecular weight is 639 g/mol. The summed E-state index contributed by atoms with van der Waals surface area (Å²) in [6.45, 7) is 0. The lowest BCUT2D eigenvalue weighted by atomic mass is 9.84. The van der Waals surface area contributed by atoms with Gasteiger partial charge in [-0.1, -0.05) is 146 Å². The Morgan fingerprint density at radius 2 is 1.00 bits per heavy atom. The molecule has 1 atom stereocenters. The summed E-state index contributed by atoms with van der Waals surface area (Å²) in [6.07, 6.45) is 5.68. The van der Waals surface area contributed by atoms with Crippen molar-refractivity contribution in [3.63, 3.8) is 0 Å². The summed E-state index contributed by atoms with van der Waals surface area (Å²) in [4.78, 5) is 2.50. The Bertz CT molecular complexity index is 2620. The summed E-state index contributed by atoms with van der Waals surface area (Å²) in [6, 6.07) is 63.9. The number of para-hydroxylation sites is 4. The van der Waals surface area contributed by atoms with Crippen LogP contribution < -0.4 is 4.90 Å². The van der Waals surface area contributed by atoms with E-state index in [1.165, 1.54) is 83.5 Å². The standard InChI is InChI=1S/C48H34N2/c1-3-15-33(16-4-1)37-19-7-11-23-43(37)49-45-25-13-9-21-39(45)41-31-35(27-29-47(41)49)36-28-30-48-42(32-36)40-22-10-14-26-46(40)50(48)44-24-12-8-20-38(44)34-17-5-2-6-18-34/h1-31,42H,32H2. The lowest BCUT2D eigenvalue weighted by molar-refractivity contribution is 0.832. The molecule has 2 heteroatoms. The second-order valence-corrected chi connectivity index (χ2v) is 13.3. The van der Waals surface area contributed by atoms with E-state index in [0.29, 0.717) is 0 Å². The van der Waals surface area contributed by atoms with Crippen LogP contribution in [0.15, 0.2) is 194 Å². The van der Waals surface area contributed by atoms with E-state index in [0.717, 1.165) is 6.42 Å². The van der Waals surface area contributed by atoms with E-state index >= 15 is 0 Å². The van der Waals surface area contributed by atoms with E-state index in [1.807, 2.05) is 0 Å². The summed E-state index contributed by atoms with van der Waals surface area (Å²) < 4.78 is 2.44. The predicted octanol–water partition coefficient (Wildman–Crippen LogP) is 12.7. The van der Waals surface area contributed by atoms with Crippen molar-refractivity contribution in [1.82, 2.24) is 4.57 Å². The molecule has 0 bridgehead atoms. The fourth-order valence-electron chi connectivity index (χ4n) is 8.30. The van der Waals surface area contributed by atoms with Gasteiger partial charge in [0.25, 0.3) is 0 Å². The normalized spacial score (nSPS) is 15.1. The molecule has 0 N–H and O–H groups in total. The molecular formula is C48H34N2. The molecule has 0 saturated carbocycles. The van der Waals surface area contributed by atoms with Crippen LogP contribution in [-0.2, 0) is 0 Å². The number of hydrogen-bond donors (Lipinski definition) is 0. The number of benzene rings is 7. The predicted molar refractivity (Wildman–Crippen MR) is 210 cm³/mol. The Kier molecular flexibility index (Phi) is 6.67. The molecule has 1 unspecified atom stereocenters. The van der Waals surface area contributed by atoms with Crippen LogP contribution in [0.1, 0.15) is 23.5 Å². The highest BCUT2D eigenvalue weighted by Crippen LogP contribution is 2.54. The Morgan fingerprint density at radius 1 is 0.420 bits per heavy atom. The van der Waals surface area contributed by atoms with Gasteiger partial charge in [0.15, 0.2) is 0 Å². The first-order valence-corrected chi connectivity index (χ1v) is 17.5. The van der Waals surface area contributed by atoms with Gasteiger partial charge < -0.3 is 9.47 Å². The zero-order chi connectivity index (χ0) is 33.0. The molecule has 2 heterocycles. The van der Waals surface area contributed by atoms with Crippen molar-refractivity contribution in [2.75, 3.05) is 4.90 Å². The SMILES string of the molecule is C1=C(c2ccc3c(c2)c2ccccc2n3-c2ccccc2-c2ccccc2)CC2C(=C1)N(c1ccccc1-c1ccccc1)c1ccccc12. The van der Waals surface area contributed by atoms with Gasteiger partial charge in [-0.3, -0.25) is 0 Å². The highest BCUT2D eigenvalue weighted by molar-refractivity contribution is 6.10. The minimum Gasteiger partial charge on any atom is -0.313 e. The van der Waals surface area contributed by atoms with Gasteiger partial charge in [0.1, 0.15) is 0 Å². The van der Waals surface area contributed by atoms with Crippen molar-refractivity contribution in [2.24, 2.45) is 0 Å². The van der Waals surface area contributed by atoms with E-state index in [1.54, 1.807) is 0 Å². The molecule has 1 aromatic heterocycles. The summed E-state index contributed by atoms with van der Waals surface area (Å²) in [5.74, 6) is 0.282. The Balaban J connectivity index is 1.10. The molecule has 236 valence electrons. The van der Waals surface area contributed by atoms with Crippen LogP contribution >= 0.6 is 0 Å². The molecule has 0 fully saturated rings. The van der Waals surface area contributed by atoms with Crippen molar-refractivity contribution in [3.05, 3.63) is 205 Å². The monoisotopic (exact) mass is 638 g/mol. The molecule has 0 spiro atoms. The van der Waals surface area contributed by atoms with E-state index in [2.05, 4.69) is 198 Å². The van der Waals surface area contributed by atoms with Crippen molar-refractivity contribution < 1.29 is 0 Å². The van der Waals surface area contributed by atoms with Gasteiger partial charge in [-0.25, -0.2) is 0 Å². The molecule has 10 rings (SSSR count). The van der Waals surface area contributed by atoms with E-state index in [9.17, 15) is 0 Å². The van der Waals surface area contributed by atoms with Gasteiger partial charge in [0, 0.05) is 39.2 Å². The summed E-state index contributed by atoms with van der Waals surface area (Å²) in [5, 5.41) is 2.55. The molecule has 0 saturated heterocycles. The molecule has 2 aliphatic rings. The molecular weight excluding hydrogens is 605 g/mol. The Hall–Kier alpha value is -6.38. The quantitative estimate of drug-likeness (QED) is 0.182. The molecule has 50 heavy (non-hydrogen) atoms. The molecule has 0 amide bonds. The number of allylic oxidation sites excluding steroid dienone is 4. The maximum Gasteiger partial charge on any atom is 0.0541 e. The number of aromatic nitrogens is 1.